The molecule has 1 N–H and O–H groups in total. The fourth-order valence-electron chi connectivity index (χ4n) is 1.83. The molecular weight excluding hydrogens is 292 g/mol. The van der Waals surface area contributed by atoms with E-state index in [1.807, 2.05) is 35.4 Å². The molecule has 0 heterocycles. The summed E-state index contributed by atoms with van der Waals surface area (Å²) in [5, 5.41) is 3.67. The highest BCUT2D eigenvalue weighted by Gasteiger charge is 2.12. The molecule has 0 atom stereocenters. The molecule has 0 aliphatic heterocycles. The summed E-state index contributed by atoms with van der Waals surface area (Å²) in [6, 6.07) is 7.68. The number of halogens is 1. The van der Waals surface area contributed by atoms with Gasteiger partial charge in [0, 0.05) is 30.4 Å². The van der Waals surface area contributed by atoms with Crippen LogP contribution in [-0.2, 0) is 6.54 Å². The van der Waals surface area contributed by atoms with E-state index in [9.17, 15) is 4.79 Å². The van der Waals surface area contributed by atoms with Gasteiger partial charge in [0.2, 0.25) is 0 Å². The third kappa shape index (κ3) is 6.53. The largest absolute Gasteiger partial charge is 0.337 e. The van der Waals surface area contributed by atoms with Crippen LogP contribution in [0.15, 0.2) is 24.3 Å². The molecule has 20 heavy (non-hydrogen) atoms. The maximum absolute atomic E-state index is 12.2. The fraction of sp³-hybridized carbons (Fsp3) is 0.533. The smallest absolute Gasteiger partial charge is 0.317 e. The topological polar surface area (TPSA) is 32.3 Å². The summed E-state index contributed by atoms with van der Waals surface area (Å²) >= 11 is 7.72. The average Bonchev–Trinajstić information content (AvgIpc) is 2.43. The van der Waals surface area contributed by atoms with Crippen LogP contribution in [0.1, 0.15) is 25.3 Å². The Labute approximate surface area is 131 Å². The van der Waals surface area contributed by atoms with Gasteiger partial charge in [0.05, 0.1) is 0 Å². The minimum atomic E-state index is 0.00692. The van der Waals surface area contributed by atoms with E-state index in [0.717, 1.165) is 30.7 Å². The highest BCUT2D eigenvalue weighted by Crippen LogP contribution is 2.13. The molecular formula is C15H23ClN2OS. The molecule has 0 fully saturated rings. The van der Waals surface area contributed by atoms with Crippen LogP contribution in [0, 0.1) is 0 Å². The van der Waals surface area contributed by atoms with Crippen molar-refractivity contribution < 1.29 is 4.79 Å². The Morgan fingerprint density at radius 2 is 2.25 bits per heavy atom. The van der Waals surface area contributed by atoms with Crippen molar-refractivity contribution in [3.05, 3.63) is 34.9 Å². The van der Waals surface area contributed by atoms with E-state index in [0.29, 0.717) is 18.1 Å². The van der Waals surface area contributed by atoms with Gasteiger partial charge in [-0.1, -0.05) is 37.1 Å². The standard InChI is InChI=1S/C15H23ClN2OS/c1-3-4-9-18(15(19)17-8-10-20-2)12-13-6-5-7-14(16)11-13/h5-7,11H,3-4,8-10,12H2,1-2H3,(H,17,19). The van der Waals surface area contributed by atoms with Gasteiger partial charge in [-0.2, -0.15) is 11.8 Å². The highest BCUT2D eigenvalue weighted by atomic mass is 35.5. The minimum absolute atomic E-state index is 0.00692. The Morgan fingerprint density at radius 3 is 2.90 bits per heavy atom. The number of rotatable bonds is 8. The lowest BCUT2D eigenvalue weighted by molar-refractivity contribution is 0.195. The molecule has 0 unspecified atom stereocenters. The Hall–Kier alpha value is -0.870. The number of thioether (sulfide) groups is 1. The molecule has 0 saturated heterocycles. The van der Waals surface area contributed by atoms with Crippen LogP contribution in [0.25, 0.3) is 0 Å². The summed E-state index contributed by atoms with van der Waals surface area (Å²) in [7, 11) is 0. The Kier molecular flexibility index (Phi) is 8.54. The first kappa shape index (κ1) is 17.2. The van der Waals surface area contributed by atoms with Crippen LogP contribution in [0.5, 0.6) is 0 Å². The average molecular weight is 315 g/mol. The summed E-state index contributed by atoms with van der Waals surface area (Å²) in [6.45, 7) is 4.21. The second-order valence-corrected chi connectivity index (χ2v) is 6.05. The molecule has 0 aliphatic carbocycles. The van der Waals surface area contributed by atoms with Crippen LogP contribution >= 0.6 is 23.4 Å². The van der Waals surface area contributed by atoms with Crippen molar-refractivity contribution in [1.29, 1.82) is 0 Å². The molecule has 1 rings (SSSR count). The molecule has 0 radical (unpaired) electrons. The Balaban J connectivity index is 2.60. The predicted octanol–water partition coefficient (Wildman–Crippen LogP) is 4.01. The lowest BCUT2D eigenvalue weighted by Crippen LogP contribution is -2.40. The molecule has 0 aromatic heterocycles. The normalized spacial score (nSPS) is 10.3. The maximum atomic E-state index is 12.2. The third-order valence-electron chi connectivity index (χ3n) is 2.91. The second kappa shape index (κ2) is 9.94. The first-order valence-corrected chi connectivity index (χ1v) is 8.70. The summed E-state index contributed by atoms with van der Waals surface area (Å²) in [6.07, 6.45) is 4.12. The lowest BCUT2D eigenvalue weighted by atomic mass is 10.2. The molecule has 0 spiro atoms. The van der Waals surface area contributed by atoms with E-state index >= 15 is 0 Å². The van der Waals surface area contributed by atoms with Crippen molar-refractivity contribution >= 4 is 29.4 Å². The molecule has 112 valence electrons. The zero-order valence-corrected chi connectivity index (χ0v) is 13.8. The molecule has 5 heteroatoms. The van der Waals surface area contributed by atoms with Gasteiger partial charge in [-0.05, 0) is 30.4 Å². The number of amides is 2. The van der Waals surface area contributed by atoms with E-state index in [-0.39, 0.29) is 6.03 Å². The number of unbranched alkanes of at least 4 members (excludes halogenated alkanes) is 1. The summed E-state index contributed by atoms with van der Waals surface area (Å²) in [4.78, 5) is 14.0. The number of hydrogen-bond acceptors (Lipinski definition) is 2. The lowest BCUT2D eigenvalue weighted by Gasteiger charge is -2.23. The monoisotopic (exact) mass is 314 g/mol. The van der Waals surface area contributed by atoms with Crippen molar-refractivity contribution in [3.8, 4) is 0 Å². The number of hydrogen-bond donors (Lipinski definition) is 1. The van der Waals surface area contributed by atoms with E-state index in [4.69, 9.17) is 11.6 Å². The number of urea groups is 1. The van der Waals surface area contributed by atoms with Gasteiger partial charge in [-0.15, -0.1) is 0 Å². The second-order valence-electron chi connectivity index (χ2n) is 4.63. The van der Waals surface area contributed by atoms with Crippen molar-refractivity contribution in [2.45, 2.75) is 26.3 Å². The van der Waals surface area contributed by atoms with Gasteiger partial charge in [-0.25, -0.2) is 4.79 Å². The number of carbonyl (C=O) groups is 1. The summed E-state index contributed by atoms with van der Waals surface area (Å²) in [5.74, 6) is 0.935. The summed E-state index contributed by atoms with van der Waals surface area (Å²) in [5.41, 5.74) is 1.06. The van der Waals surface area contributed by atoms with E-state index in [1.54, 1.807) is 11.8 Å². The van der Waals surface area contributed by atoms with E-state index in [1.165, 1.54) is 0 Å². The molecule has 3 nitrogen and oxygen atoms in total. The molecule has 0 saturated carbocycles. The molecule has 1 aromatic carbocycles. The van der Waals surface area contributed by atoms with Gasteiger partial charge in [0.15, 0.2) is 0 Å². The van der Waals surface area contributed by atoms with Crippen molar-refractivity contribution in [2.75, 3.05) is 25.1 Å². The quantitative estimate of drug-likeness (QED) is 0.735. The van der Waals surface area contributed by atoms with Crippen LogP contribution in [0.4, 0.5) is 4.79 Å². The zero-order valence-electron chi connectivity index (χ0n) is 12.2. The van der Waals surface area contributed by atoms with Crippen molar-refractivity contribution in [2.24, 2.45) is 0 Å². The Bertz CT molecular complexity index is 415. The van der Waals surface area contributed by atoms with Gasteiger partial charge in [0.25, 0.3) is 0 Å². The first-order valence-electron chi connectivity index (χ1n) is 6.93. The van der Waals surface area contributed by atoms with Crippen molar-refractivity contribution in [3.63, 3.8) is 0 Å². The van der Waals surface area contributed by atoms with Crippen molar-refractivity contribution in [1.82, 2.24) is 10.2 Å². The molecule has 0 aliphatic rings. The van der Waals surface area contributed by atoms with Gasteiger partial charge in [-0.3, -0.25) is 0 Å². The number of nitrogens with one attached hydrogen (secondary N) is 1. The predicted molar refractivity (Wildman–Crippen MR) is 88.6 cm³/mol. The fourth-order valence-corrected chi connectivity index (χ4v) is 2.35. The number of benzene rings is 1. The summed E-state index contributed by atoms with van der Waals surface area (Å²) < 4.78 is 0. The Morgan fingerprint density at radius 1 is 1.45 bits per heavy atom. The minimum Gasteiger partial charge on any atom is -0.337 e. The van der Waals surface area contributed by atoms with E-state index < -0.39 is 0 Å². The first-order chi connectivity index (χ1) is 9.67. The van der Waals surface area contributed by atoms with Crippen LogP contribution < -0.4 is 5.32 Å². The molecule has 1 aromatic rings. The highest BCUT2D eigenvalue weighted by molar-refractivity contribution is 7.98. The maximum Gasteiger partial charge on any atom is 0.317 e. The van der Waals surface area contributed by atoms with Gasteiger partial charge in [0.1, 0.15) is 0 Å². The SMILES string of the molecule is CCCCN(Cc1cccc(Cl)c1)C(=O)NCCSC. The van der Waals surface area contributed by atoms with E-state index in [2.05, 4.69) is 12.2 Å². The van der Waals surface area contributed by atoms with Gasteiger partial charge < -0.3 is 10.2 Å². The molecule has 0 bridgehead atoms. The zero-order chi connectivity index (χ0) is 14.8. The molecule has 2 amide bonds. The van der Waals surface area contributed by atoms with Gasteiger partial charge >= 0.3 is 6.03 Å². The number of carbonyl (C=O) groups excluding carboxylic acids is 1. The van der Waals surface area contributed by atoms with Crippen LogP contribution in [-0.4, -0.2) is 36.0 Å². The van der Waals surface area contributed by atoms with Crippen LogP contribution in [0.3, 0.4) is 0 Å². The number of nitrogens with zero attached hydrogens (tertiary/aromatic N) is 1. The third-order valence-corrected chi connectivity index (χ3v) is 3.76. The van der Waals surface area contributed by atoms with Crippen LogP contribution in [0.2, 0.25) is 5.02 Å².